The highest BCUT2D eigenvalue weighted by Crippen LogP contribution is 2.25. The minimum atomic E-state index is -3.16. The zero-order chi connectivity index (χ0) is 15.6. The normalized spacial score (nSPS) is 22.1. The zero-order valence-corrected chi connectivity index (χ0v) is 14.0. The molecule has 21 heavy (non-hydrogen) atoms. The SMILES string of the molecule is Cc1cccc(S(=O)CC2CCCN(S(C)(=O)=O)C2)c1N. The highest BCUT2D eigenvalue weighted by atomic mass is 32.2. The first-order valence-corrected chi connectivity index (χ1v) is 10.1. The predicted molar refractivity (Wildman–Crippen MR) is 86.0 cm³/mol. The van der Waals surface area contributed by atoms with Gasteiger partial charge in [0.2, 0.25) is 10.0 Å². The van der Waals surface area contributed by atoms with Gasteiger partial charge in [0.1, 0.15) is 0 Å². The fraction of sp³-hybridized carbons (Fsp3) is 0.571. The highest BCUT2D eigenvalue weighted by Gasteiger charge is 2.27. The quantitative estimate of drug-likeness (QED) is 0.845. The Labute approximate surface area is 129 Å². The molecular weight excluding hydrogens is 308 g/mol. The molecule has 1 aliphatic rings. The van der Waals surface area contributed by atoms with Gasteiger partial charge in [0, 0.05) is 18.8 Å². The summed E-state index contributed by atoms with van der Waals surface area (Å²) in [5.41, 5.74) is 7.48. The highest BCUT2D eigenvalue weighted by molar-refractivity contribution is 7.88. The van der Waals surface area contributed by atoms with E-state index in [2.05, 4.69) is 0 Å². The molecule has 0 spiro atoms. The van der Waals surface area contributed by atoms with E-state index in [-0.39, 0.29) is 5.92 Å². The molecule has 5 nitrogen and oxygen atoms in total. The Morgan fingerprint density at radius 2 is 2.14 bits per heavy atom. The average Bonchev–Trinajstić information content (AvgIpc) is 2.41. The van der Waals surface area contributed by atoms with Crippen molar-refractivity contribution in [2.75, 3.05) is 30.8 Å². The van der Waals surface area contributed by atoms with Crippen LogP contribution in [0.25, 0.3) is 0 Å². The van der Waals surface area contributed by atoms with Crippen LogP contribution in [0.5, 0.6) is 0 Å². The van der Waals surface area contributed by atoms with Crippen LogP contribution in [0.4, 0.5) is 5.69 Å². The van der Waals surface area contributed by atoms with Crippen molar-refractivity contribution in [3.05, 3.63) is 23.8 Å². The van der Waals surface area contributed by atoms with Crippen molar-refractivity contribution in [3.63, 3.8) is 0 Å². The molecule has 2 rings (SSSR count). The number of rotatable bonds is 4. The summed E-state index contributed by atoms with van der Waals surface area (Å²) in [5.74, 6) is 0.578. The van der Waals surface area contributed by atoms with E-state index in [4.69, 9.17) is 5.73 Å². The van der Waals surface area contributed by atoms with Crippen LogP contribution in [-0.4, -0.2) is 42.0 Å². The molecule has 7 heteroatoms. The first kappa shape index (κ1) is 16.5. The first-order valence-electron chi connectivity index (χ1n) is 6.97. The second-order valence-corrected chi connectivity index (χ2v) is 9.07. The second-order valence-electron chi connectivity index (χ2n) is 5.63. The molecular formula is C14H22N2O3S2. The van der Waals surface area contributed by atoms with E-state index in [0.29, 0.717) is 29.4 Å². The molecule has 1 aromatic carbocycles. The summed E-state index contributed by atoms with van der Waals surface area (Å²) >= 11 is 0. The van der Waals surface area contributed by atoms with Crippen LogP contribution >= 0.6 is 0 Å². The largest absolute Gasteiger partial charge is 0.398 e. The summed E-state index contributed by atoms with van der Waals surface area (Å²) in [7, 11) is -4.36. The number of nitrogens with zero attached hydrogens (tertiary/aromatic N) is 1. The predicted octanol–water partition coefficient (Wildman–Crippen LogP) is 1.36. The van der Waals surface area contributed by atoms with Crippen molar-refractivity contribution < 1.29 is 12.6 Å². The summed E-state index contributed by atoms with van der Waals surface area (Å²) in [6.45, 7) is 2.91. The van der Waals surface area contributed by atoms with E-state index in [1.165, 1.54) is 10.6 Å². The molecule has 0 radical (unpaired) electrons. The molecule has 0 aromatic heterocycles. The fourth-order valence-corrected chi connectivity index (χ4v) is 5.08. The summed E-state index contributed by atoms with van der Waals surface area (Å²) in [5, 5.41) is 0. The number of para-hydroxylation sites is 1. The number of hydrogen-bond donors (Lipinski definition) is 1. The summed E-state index contributed by atoms with van der Waals surface area (Å²) in [6, 6.07) is 5.53. The standard InChI is InChI=1S/C14H22N2O3S2/c1-11-5-3-7-13(14(11)15)20(17)10-12-6-4-8-16(9-12)21(2,18)19/h3,5,7,12H,4,6,8-10,15H2,1-2H3. The van der Waals surface area contributed by atoms with E-state index >= 15 is 0 Å². The van der Waals surface area contributed by atoms with Crippen molar-refractivity contribution in [2.24, 2.45) is 5.92 Å². The lowest BCUT2D eigenvalue weighted by Gasteiger charge is -2.30. The maximum atomic E-state index is 12.5. The number of benzene rings is 1. The molecule has 2 N–H and O–H groups in total. The topological polar surface area (TPSA) is 80.5 Å². The van der Waals surface area contributed by atoms with Crippen molar-refractivity contribution in [1.29, 1.82) is 0 Å². The van der Waals surface area contributed by atoms with Crippen LogP contribution in [0, 0.1) is 12.8 Å². The van der Waals surface area contributed by atoms with Crippen molar-refractivity contribution in [2.45, 2.75) is 24.7 Å². The molecule has 1 saturated heterocycles. The smallest absolute Gasteiger partial charge is 0.211 e. The number of aryl methyl sites for hydroxylation is 1. The molecule has 1 heterocycles. The zero-order valence-electron chi connectivity index (χ0n) is 12.4. The maximum absolute atomic E-state index is 12.5. The Balaban J connectivity index is 2.08. The van der Waals surface area contributed by atoms with Gasteiger partial charge in [-0.15, -0.1) is 0 Å². The van der Waals surface area contributed by atoms with Gasteiger partial charge in [-0.05, 0) is 37.3 Å². The van der Waals surface area contributed by atoms with Gasteiger partial charge in [0.25, 0.3) is 0 Å². The number of hydrogen-bond acceptors (Lipinski definition) is 4. The number of nitrogens with two attached hydrogens (primary N) is 1. The molecule has 118 valence electrons. The van der Waals surface area contributed by atoms with Gasteiger partial charge in [-0.2, -0.15) is 0 Å². The van der Waals surface area contributed by atoms with Crippen LogP contribution in [-0.2, 0) is 20.8 Å². The van der Waals surface area contributed by atoms with Crippen LogP contribution in [0.2, 0.25) is 0 Å². The van der Waals surface area contributed by atoms with Crippen LogP contribution in [0.15, 0.2) is 23.1 Å². The van der Waals surface area contributed by atoms with E-state index < -0.39 is 20.8 Å². The first-order chi connectivity index (χ1) is 9.79. The summed E-state index contributed by atoms with van der Waals surface area (Å²) in [6.07, 6.45) is 2.95. The molecule has 2 atom stereocenters. The fourth-order valence-electron chi connectivity index (χ4n) is 2.62. The Kier molecular flexibility index (Phi) is 5.06. The Morgan fingerprint density at radius 3 is 2.81 bits per heavy atom. The number of piperidine rings is 1. The average molecular weight is 330 g/mol. The number of nitrogen functional groups attached to an aromatic ring is 1. The molecule has 1 aromatic rings. The molecule has 0 amide bonds. The summed E-state index contributed by atoms with van der Waals surface area (Å²) < 4.78 is 37.2. The van der Waals surface area contributed by atoms with Crippen LogP contribution < -0.4 is 5.73 Å². The third kappa shape index (κ3) is 4.05. The third-order valence-electron chi connectivity index (χ3n) is 3.87. The minimum absolute atomic E-state index is 0.120. The molecule has 1 fully saturated rings. The van der Waals surface area contributed by atoms with E-state index in [1.807, 2.05) is 19.1 Å². The van der Waals surface area contributed by atoms with Gasteiger partial charge in [0.05, 0.1) is 27.6 Å². The number of sulfonamides is 1. The van der Waals surface area contributed by atoms with E-state index in [0.717, 1.165) is 18.4 Å². The lowest BCUT2D eigenvalue weighted by Crippen LogP contribution is -2.40. The van der Waals surface area contributed by atoms with Crippen molar-refractivity contribution in [3.8, 4) is 0 Å². The lowest BCUT2D eigenvalue weighted by atomic mass is 10.0. The van der Waals surface area contributed by atoms with E-state index in [1.54, 1.807) is 6.07 Å². The van der Waals surface area contributed by atoms with Crippen molar-refractivity contribution in [1.82, 2.24) is 4.31 Å². The van der Waals surface area contributed by atoms with Crippen LogP contribution in [0.3, 0.4) is 0 Å². The number of anilines is 1. The molecule has 0 saturated carbocycles. The van der Waals surface area contributed by atoms with Gasteiger partial charge < -0.3 is 5.73 Å². The Morgan fingerprint density at radius 1 is 1.43 bits per heavy atom. The van der Waals surface area contributed by atoms with E-state index in [9.17, 15) is 12.6 Å². The lowest BCUT2D eigenvalue weighted by molar-refractivity contribution is 0.285. The van der Waals surface area contributed by atoms with Gasteiger partial charge in [-0.1, -0.05) is 12.1 Å². The Hall–Kier alpha value is -0.920. The van der Waals surface area contributed by atoms with Gasteiger partial charge in [-0.25, -0.2) is 12.7 Å². The van der Waals surface area contributed by atoms with Crippen molar-refractivity contribution >= 4 is 26.5 Å². The van der Waals surface area contributed by atoms with Gasteiger partial charge >= 0.3 is 0 Å². The minimum Gasteiger partial charge on any atom is -0.398 e. The van der Waals surface area contributed by atoms with Crippen LogP contribution in [0.1, 0.15) is 18.4 Å². The Bertz CT molecular complexity index is 644. The molecule has 2 unspecified atom stereocenters. The molecule has 1 aliphatic heterocycles. The summed E-state index contributed by atoms with van der Waals surface area (Å²) in [4.78, 5) is 0.659. The maximum Gasteiger partial charge on any atom is 0.211 e. The second kappa shape index (κ2) is 6.46. The molecule has 0 aliphatic carbocycles. The monoisotopic (exact) mass is 330 g/mol. The van der Waals surface area contributed by atoms with Gasteiger partial charge in [-0.3, -0.25) is 4.21 Å². The van der Waals surface area contributed by atoms with Gasteiger partial charge in [0.15, 0.2) is 0 Å². The third-order valence-corrected chi connectivity index (χ3v) is 6.76. The molecule has 0 bridgehead atoms.